The van der Waals surface area contributed by atoms with Crippen LogP contribution in [0.1, 0.15) is 47.6 Å². The maximum absolute atomic E-state index is 13.3. The van der Waals surface area contributed by atoms with Gasteiger partial charge in [0.25, 0.3) is 5.91 Å². The number of carbonyl (C=O) groups is 1. The highest BCUT2D eigenvalue weighted by molar-refractivity contribution is 7.21. The van der Waals surface area contributed by atoms with E-state index >= 15 is 0 Å². The van der Waals surface area contributed by atoms with Crippen LogP contribution in [0.4, 0.5) is 4.39 Å². The van der Waals surface area contributed by atoms with E-state index in [0.29, 0.717) is 51.1 Å². The number of amides is 1. The third kappa shape index (κ3) is 3.99. The highest BCUT2D eigenvalue weighted by atomic mass is 35.5. The first-order valence-electron chi connectivity index (χ1n) is 7.94. The van der Waals surface area contributed by atoms with E-state index in [1.54, 1.807) is 6.07 Å². The van der Waals surface area contributed by atoms with Crippen LogP contribution in [0, 0.1) is 5.82 Å². The number of rotatable bonds is 6. The van der Waals surface area contributed by atoms with Crippen molar-refractivity contribution < 1.29 is 13.7 Å². The monoisotopic (exact) mass is 381 g/mol. The number of nitrogens with one attached hydrogen (secondary N) is 1. The van der Waals surface area contributed by atoms with Gasteiger partial charge in [0.2, 0.25) is 5.89 Å². The zero-order valence-electron chi connectivity index (χ0n) is 13.8. The van der Waals surface area contributed by atoms with E-state index in [2.05, 4.69) is 15.5 Å². The Labute approximate surface area is 153 Å². The van der Waals surface area contributed by atoms with Crippen molar-refractivity contribution in [2.75, 3.05) is 6.54 Å². The lowest BCUT2D eigenvalue weighted by atomic mass is 10.2. The number of aryl methyl sites for hydroxylation is 1. The molecular formula is C17H17ClFN3O2S. The molecule has 0 spiro atoms. The molecule has 2 heterocycles. The molecule has 1 aromatic carbocycles. The lowest BCUT2D eigenvalue weighted by Crippen LogP contribution is -2.24. The van der Waals surface area contributed by atoms with Crippen LogP contribution in [0.15, 0.2) is 22.7 Å². The molecule has 0 fully saturated rings. The van der Waals surface area contributed by atoms with Crippen molar-refractivity contribution in [3.63, 3.8) is 0 Å². The molecule has 3 rings (SSSR count). The minimum absolute atomic E-state index is 0.220. The van der Waals surface area contributed by atoms with Crippen molar-refractivity contribution >= 4 is 38.9 Å². The minimum Gasteiger partial charge on any atom is -0.351 e. The van der Waals surface area contributed by atoms with E-state index < -0.39 is 0 Å². The zero-order valence-corrected chi connectivity index (χ0v) is 15.4. The molecule has 0 aliphatic carbocycles. The summed E-state index contributed by atoms with van der Waals surface area (Å²) >= 11 is 7.42. The van der Waals surface area contributed by atoms with Crippen LogP contribution >= 0.6 is 22.9 Å². The van der Waals surface area contributed by atoms with Crippen molar-refractivity contribution in [3.05, 3.63) is 45.6 Å². The number of thiophene rings is 1. The summed E-state index contributed by atoms with van der Waals surface area (Å²) in [5, 5.41) is 7.76. The van der Waals surface area contributed by atoms with Gasteiger partial charge < -0.3 is 9.84 Å². The molecule has 0 saturated heterocycles. The lowest BCUT2D eigenvalue weighted by molar-refractivity contribution is 0.0957. The van der Waals surface area contributed by atoms with Crippen LogP contribution in [0.5, 0.6) is 0 Å². The molecule has 0 atom stereocenters. The Kier molecular flexibility index (Phi) is 5.34. The number of hydrogen-bond donors (Lipinski definition) is 1. The third-order valence-electron chi connectivity index (χ3n) is 3.65. The predicted octanol–water partition coefficient (Wildman–Crippen LogP) is 4.56. The number of carbonyl (C=O) groups excluding carboxylic acids is 1. The number of nitrogens with zero attached hydrogens (tertiary/aromatic N) is 2. The molecule has 3 aromatic rings. The summed E-state index contributed by atoms with van der Waals surface area (Å²) in [7, 11) is 0. The average Bonchev–Trinajstić information content (AvgIpc) is 3.16. The van der Waals surface area contributed by atoms with Gasteiger partial charge in [-0.3, -0.25) is 4.79 Å². The highest BCUT2D eigenvalue weighted by Gasteiger charge is 2.17. The van der Waals surface area contributed by atoms with E-state index in [4.69, 9.17) is 16.1 Å². The molecule has 0 unspecified atom stereocenters. The molecule has 0 bridgehead atoms. The SMILES string of the molecule is CC(C)c1noc(CCCNC(=O)c2sc3cc(F)ccc3c2Cl)n1. The van der Waals surface area contributed by atoms with Crippen LogP contribution in [-0.2, 0) is 6.42 Å². The van der Waals surface area contributed by atoms with Gasteiger partial charge in [0.15, 0.2) is 5.82 Å². The molecule has 0 radical (unpaired) electrons. The van der Waals surface area contributed by atoms with Crippen LogP contribution in [0.25, 0.3) is 10.1 Å². The largest absolute Gasteiger partial charge is 0.351 e. The fraction of sp³-hybridized carbons (Fsp3) is 0.353. The van der Waals surface area contributed by atoms with Crippen LogP contribution in [0.3, 0.4) is 0 Å². The van der Waals surface area contributed by atoms with Gasteiger partial charge in [-0.2, -0.15) is 4.98 Å². The van der Waals surface area contributed by atoms with Crippen molar-refractivity contribution in [3.8, 4) is 0 Å². The molecule has 0 aliphatic rings. The van der Waals surface area contributed by atoms with Gasteiger partial charge in [-0.25, -0.2) is 4.39 Å². The molecule has 1 amide bonds. The molecule has 25 heavy (non-hydrogen) atoms. The minimum atomic E-state index is -0.349. The van der Waals surface area contributed by atoms with Gasteiger partial charge in [-0.15, -0.1) is 11.3 Å². The molecule has 0 saturated carbocycles. The average molecular weight is 382 g/mol. The van der Waals surface area contributed by atoms with Gasteiger partial charge in [-0.1, -0.05) is 30.6 Å². The number of fused-ring (bicyclic) bond motifs is 1. The van der Waals surface area contributed by atoms with Crippen LogP contribution < -0.4 is 5.32 Å². The van der Waals surface area contributed by atoms with Crippen molar-refractivity contribution in [2.45, 2.75) is 32.6 Å². The maximum Gasteiger partial charge on any atom is 0.262 e. The van der Waals surface area contributed by atoms with Gasteiger partial charge in [0.1, 0.15) is 10.7 Å². The summed E-state index contributed by atoms with van der Waals surface area (Å²) in [6.45, 7) is 4.45. The standard InChI is InChI=1S/C17H17ClFN3O2S/c1-9(2)16-21-13(24-22-16)4-3-7-20-17(23)15-14(18)11-6-5-10(19)8-12(11)25-15/h5-6,8-9H,3-4,7H2,1-2H3,(H,20,23). The first kappa shape index (κ1) is 17.8. The fourth-order valence-corrected chi connectivity index (χ4v) is 3.77. The summed E-state index contributed by atoms with van der Waals surface area (Å²) < 4.78 is 19.1. The van der Waals surface area contributed by atoms with Crippen molar-refractivity contribution in [2.24, 2.45) is 0 Å². The lowest BCUT2D eigenvalue weighted by Gasteiger charge is -2.02. The second kappa shape index (κ2) is 7.49. The molecular weight excluding hydrogens is 365 g/mol. The van der Waals surface area contributed by atoms with E-state index in [1.165, 1.54) is 23.5 Å². The molecule has 8 heteroatoms. The van der Waals surface area contributed by atoms with Crippen molar-refractivity contribution in [1.82, 2.24) is 15.5 Å². The molecule has 5 nitrogen and oxygen atoms in total. The number of aromatic nitrogens is 2. The Morgan fingerprint density at radius 2 is 2.24 bits per heavy atom. The third-order valence-corrected chi connectivity index (χ3v) is 5.31. The Balaban J connectivity index is 1.56. The topological polar surface area (TPSA) is 68.0 Å². The fourth-order valence-electron chi connectivity index (χ4n) is 2.31. The molecule has 2 aromatic heterocycles. The maximum atomic E-state index is 13.3. The summed E-state index contributed by atoms with van der Waals surface area (Å²) in [4.78, 5) is 17.0. The smallest absolute Gasteiger partial charge is 0.262 e. The van der Waals surface area contributed by atoms with Gasteiger partial charge in [0.05, 0.1) is 5.02 Å². The molecule has 0 aliphatic heterocycles. The highest BCUT2D eigenvalue weighted by Crippen LogP contribution is 2.35. The second-order valence-electron chi connectivity index (χ2n) is 5.95. The quantitative estimate of drug-likeness (QED) is 0.635. The van der Waals surface area contributed by atoms with Crippen LogP contribution in [0.2, 0.25) is 5.02 Å². The second-order valence-corrected chi connectivity index (χ2v) is 7.38. The Hall–Kier alpha value is -1.99. The van der Waals surface area contributed by atoms with E-state index in [0.717, 1.165) is 0 Å². The summed E-state index contributed by atoms with van der Waals surface area (Å²) in [5.74, 6) is 0.853. The Morgan fingerprint density at radius 3 is 2.96 bits per heavy atom. The Morgan fingerprint density at radius 1 is 1.44 bits per heavy atom. The van der Waals surface area contributed by atoms with Gasteiger partial charge >= 0.3 is 0 Å². The van der Waals surface area contributed by atoms with Gasteiger partial charge in [-0.05, 0) is 24.6 Å². The Bertz CT molecular complexity index is 907. The first-order valence-corrected chi connectivity index (χ1v) is 9.13. The number of hydrogen-bond acceptors (Lipinski definition) is 5. The van der Waals surface area contributed by atoms with Crippen molar-refractivity contribution in [1.29, 1.82) is 0 Å². The zero-order chi connectivity index (χ0) is 18.0. The van der Waals surface area contributed by atoms with E-state index in [1.807, 2.05) is 13.8 Å². The normalized spacial score (nSPS) is 11.4. The molecule has 1 N–H and O–H groups in total. The first-order chi connectivity index (χ1) is 12.0. The number of halogens is 2. The van der Waals surface area contributed by atoms with Crippen LogP contribution in [-0.4, -0.2) is 22.6 Å². The van der Waals surface area contributed by atoms with Gasteiger partial charge in [0, 0.05) is 29.0 Å². The summed E-state index contributed by atoms with van der Waals surface area (Å²) in [5.41, 5.74) is 0. The summed E-state index contributed by atoms with van der Waals surface area (Å²) in [6.07, 6.45) is 1.26. The predicted molar refractivity (Wildman–Crippen MR) is 95.8 cm³/mol. The summed E-state index contributed by atoms with van der Waals surface area (Å²) in [6, 6.07) is 4.30. The van der Waals surface area contributed by atoms with E-state index in [9.17, 15) is 9.18 Å². The van der Waals surface area contributed by atoms with E-state index in [-0.39, 0.29) is 17.6 Å². The molecule has 132 valence electrons. The number of benzene rings is 1.